The third-order valence-electron chi connectivity index (χ3n) is 4.94. The van der Waals surface area contributed by atoms with Gasteiger partial charge in [0.1, 0.15) is 0 Å². The Morgan fingerprint density at radius 1 is 0.964 bits per heavy atom. The SMILES string of the molecule is CCOc1ccccc1OCCCC(=O)N1CCN(c2cccc(C)c2)CC1. The van der Waals surface area contributed by atoms with Crippen molar-refractivity contribution in [2.75, 3.05) is 44.3 Å². The van der Waals surface area contributed by atoms with E-state index in [0.29, 0.717) is 26.1 Å². The Kier molecular flexibility index (Phi) is 7.18. The molecule has 1 heterocycles. The van der Waals surface area contributed by atoms with Gasteiger partial charge in [0.05, 0.1) is 13.2 Å². The van der Waals surface area contributed by atoms with Gasteiger partial charge in [-0.05, 0) is 50.1 Å². The Labute approximate surface area is 167 Å². The highest BCUT2D eigenvalue weighted by Crippen LogP contribution is 2.26. The third kappa shape index (κ3) is 5.41. The first-order chi connectivity index (χ1) is 13.7. The summed E-state index contributed by atoms with van der Waals surface area (Å²) < 4.78 is 11.4. The van der Waals surface area contributed by atoms with E-state index in [9.17, 15) is 4.79 Å². The summed E-state index contributed by atoms with van der Waals surface area (Å²) in [7, 11) is 0. The monoisotopic (exact) mass is 382 g/mol. The lowest BCUT2D eigenvalue weighted by Gasteiger charge is -2.36. The minimum atomic E-state index is 0.214. The van der Waals surface area contributed by atoms with Crippen molar-refractivity contribution in [1.82, 2.24) is 4.90 Å². The predicted molar refractivity (Wildman–Crippen MR) is 112 cm³/mol. The third-order valence-corrected chi connectivity index (χ3v) is 4.94. The second kappa shape index (κ2) is 10.0. The van der Waals surface area contributed by atoms with Crippen molar-refractivity contribution < 1.29 is 14.3 Å². The van der Waals surface area contributed by atoms with Crippen LogP contribution in [-0.2, 0) is 4.79 Å². The standard InChI is InChI=1S/C23H30N2O3/c1-3-27-21-10-4-5-11-22(21)28-17-7-12-23(26)25-15-13-24(14-16-25)20-9-6-8-19(2)18-20/h4-6,8-11,18H,3,7,12-17H2,1-2H3. The number of hydrogen-bond acceptors (Lipinski definition) is 4. The first kappa shape index (κ1) is 20.1. The van der Waals surface area contributed by atoms with Crippen LogP contribution in [0.25, 0.3) is 0 Å². The van der Waals surface area contributed by atoms with Gasteiger partial charge in [0.25, 0.3) is 0 Å². The number of hydrogen-bond donors (Lipinski definition) is 0. The first-order valence-electron chi connectivity index (χ1n) is 10.1. The number of nitrogens with zero attached hydrogens (tertiary/aromatic N) is 2. The number of carbonyl (C=O) groups is 1. The fourth-order valence-corrected chi connectivity index (χ4v) is 3.45. The molecule has 28 heavy (non-hydrogen) atoms. The molecule has 0 atom stereocenters. The number of aryl methyl sites for hydroxylation is 1. The van der Waals surface area contributed by atoms with Gasteiger partial charge in [-0.1, -0.05) is 24.3 Å². The largest absolute Gasteiger partial charge is 0.490 e. The lowest BCUT2D eigenvalue weighted by molar-refractivity contribution is -0.131. The van der Waals surface area contributed by atoms with E-state index in [1.165, 1.54) is 11.3 Å². The van der Waals surface area contributed by atoms with Crippen LogP contribution in [0.5, 0.6) is 11.5 Å². The van der Waals surface area contributed by atoms with Crippen LogP contribution < -0.4 is 14.4 Å². The lowest BCUT2D eigenvalue weighted by atomic mass is 10.2. The molecule has 0 bridgehead atoms. The summed E-state index contributed by atoms with van der Waals surface area (Å²) in [4.78, 5) is 16.8. The minimum Gasteiger partial charge on any atom is -0.490 e. The van der Waals surface area contributed by atoms with Gasteiger partial charge < -0.3 is 19.3 Å². The number of benzene rings is 2. The Morgan fingerprint density at radius 2 is 1.68 bits per heavy atom. The molecule has 150 valence electrons. The van der Waals surface area contributed by atoms with Crippen LogP contribution in [0.15, 0.2) is 48.5 Å². The molecule has 0 unspecified atom stereocenters. The van der Waals surface area contributed by atoms with Gasteiger partial charge in [-0.25, -0.2) is 0 Å². The van der Waals surface area contributed by atoms with Gasteiger partial charge >= 0.3 is 0 Å². The molecule has 0 aromatic heterocycles. The van der Waals surface area contributed by atoms with Crippen molar-refractivity contribution in [2.45, 2.75) is 26.7 Å². The van der Waals surface area contributed by atoms with Crippen molar-refractivity contribution in [2.24, 2.45) is 0 Å². The summed E-state index contributed by atoms with van der Waals surface area (Å²) in [5.74, 6) is 1.71. The van der Waals surface area contributed by atoms with Crippen LogP contribution in [0.3, 0.4) is 0 Å². The molecular weight excluding hydrogens is 352 g/mol. The van der Waals surface area contributed by atoms with E-state index in [4.69, 9.17) is 9.47 Å². The molecule has 2 aromatic rings. The van der Waals surface area contributed by atoms with Crippen LogP contribution in [-0.4, -0.2) is 50.2 Å². The van der Waals surface area contributed by atoms with Crippen LogP contribution in [0.1, 0.15) is 25.3 Å². The van der Waals surface area contributed by atoms with Gasteiger partial charge in [0.15, 0.2) is 11.5 Å². The number of carbonyl (C=O) groups excluding carboxylic acids is 1. The molecule has 0 radical (unpaired) electrons. The number of amides is 1. The molecular formula is C23H30N2O3. The minimum absolute atomic E-state index is 0.214. The van der Waals surface area contributed by atoms with Crippen molar-refractivity contribution in [3.63, 3.8) is 0 Å². The normalized spacial score (nSPS) is 14.1. The predicted octanol–water partition coefficient (Wildman–Crippen LogP) is 3.90. The van der Waals surface area contributed by atoms with Crippen molar-refractivity contribution in [1.29, 1.82) is 0 Å². The van der Waals surface area contributed by atoms with Crippen LogP contribution in [0.4, 0.5) is 5.69 Å². The van der Waals surface area contributed by atoms with E-state index in [-0.39, 0.29) is 5.91 Å². The molecule has 0 N–H and O–H groups in total. The second-order valence-corrected chi connectivity index (χ2v) is 7.04. The highest BCUT2D eigenvalue weighted by Gasteiger charge is 2.21. The Bertz CT molecular complexity index is 770. The number of piperazine rings is 1. The van der Waals surface area contributed by atoms with Crippen LogP contribution >= 0.6 is 0 Å². The maximum absolute atomic E-state index is 12.5. The zero-order valence-corrected chi connectivity index (χ0v) is 16.9. The van der Waals surface area contributed by atoms with Gasteiger partial charge in [0.2, 0.25) is 5.91 Å². The highest BCUT2D eigenvalue weighted by atomic mass is 16.5. The summed E-state index contributed by atoms with van der Waals surface area (Å²) in [6.45, 7) is 8.50. The van der Waals surface area contributed by atoms with Crippen LogP contribution in [0, 0.1) is 6.92 Å². The topological polar surface area (TPSA) is 42.0 Å². The zero-order chi connectivity index (χ0) is 19.8. The zero-order valence-electron chi connectivity index (χ0n) is 16.9. The summed E-state index contributed by atoms with van der Waals surface area (Å²) in [5.41, 5.74) is 2.51. The average Bonchev–Trinajstić information content (AvgIpc) is 2.72. The number of para-hydroxylation sites is 2. The van der Waals surface area contributed by atoms with Crippen molar-refractivity contribution >= 4 is 11.6 Å². The number of ether oxygens (including phenoxy) is 2. The molecule has 3 rings (SSSR count). The fourth-order valence-electron chi connectivity index (χ4n) is 3.45. The quantitative estimate of drug-likeness (QED) is 0.650. The molecule has 0 saturated carbocycles. The first-order valence-corrected chi connectivity index (χ1v) is 10.1. The molecule has 5 nitrogen and oxygen atoms in total. The van der Waals surface area contributed by atoms with Gasteiger partial charge in [-0.15, -0.1) is 0 Å². The number of anilines is 1. The van der Waals surface area contributed by atoms with Gasteiger partial charge in [0, 0.05) is 38.3 Å². The Morgan fingerprint density at radius 3 is 2.36 bits per heavy atom. The molecule has 1 saturated heterocycles. The number of rotatable bonds is 8. The Hall–Kier alpha value is -2.69. The van der Waals surface area contributed by atoms with Gasteiger partial charge in [-0.3, -0.25) is 4.79 Å². The van der Waals surface area contributed by atoms with Crippen LogP contribution in [0.2, 0.25) is 0 Å². The fraction of sp³-hybridized carbons (Fsp3) is 0.435. The molecule has 0 spiro atoms. The van der Waals surface area contributed by atoms with E-state index in [1.54, 1.807) is 0 Å². The van der Waals surface area contributed by atoms with E-state index in [2.05, 4.69) is 36.1 Å². The summed E-state index contributed by atoms with van der Waals surface area (Å²) in [5, 5.41) is 0. The summed E-state index contributed by atoms with van der Waals surface area (Å²) in [6, 6.07) is 16.2. The van der Waals surface area contributed by atoms with E-state index < -0.39 is 0 Å². The molecule has 1 aliphatic heterocycles. The summed E-state index contributed by atoms with van der Waals surface area (Å²) >= 11 is 0. The van der Waals surface area contributed by atoms with E-state index in [0.717, 1.165) is 37.7 Å². The van der Waals surface area contributed by atoms with E-state index in [1.807, 2.05) is 36.1 Å². The molecule has 5 heteroatoms. The molecule has 1 amide bonds. The van der Waals surface area contributed by atoms with Crippen molar-refractivity contribution in [3.8, 4) is 11.5 Å². The second-order valence-electron chi connectivity index (χ2n) is 7.04. The molecule has 0 aliphatic carbocycles. The molecule has 1 fully saturated rings. The molecule has 2 aromatic carbocycles. The highest BCUT2D eigenvalue weighted by molar-refractivity contribution is 5.76. The maximum atomic E-state index is 12.5. The van der Waals surface area contributed by atoms with E-state index >= 15 is 0 Å². The lowest BCUT2D eigenvalue weighted by Crippen LogP contribution is -2.48. The summed E-state index contributed by atoms with van der Waals surface area (Å²) in [6.07, 6.45) is 1.22. The smallest absolute Gasteiger partial charge is 0.222 e. The van der Waals surface area contributed by atoms with Crippen molar-refractivity contribution in [3.05, 3.63) is 54.1 Å². The Balaban J connectivity index is 1.39. The maximum Gasteiger partial charge on any atom is 0.222 e. The average molecular weight is 383 g/mol. The van der Waals surface area contributed by atoms with Gasteiger partial charge in [-0.2, -0.15) is 0 Å². The molecule has 1 aliphatic rings.